The second-order valence-corrected chi connectivity index (χ2v) is 7.17. The van der Waals surface area contributed by atoms with E-state index in [-0.39, 0.29) is 11.4 Å². The van der Waals surface area contributed by atoms with E-state index in [1.165, 1.54) is 6.92 Å². The summed E-state index contributed by atoms with van der Waals surface area (Å²) in [7, 11) is -4.06. The second kappa shape index (κ2) is 6.93. The predicted molar refractivity (Wildman–Crippen MR) is 79.5 cm³/mol. The summed E-state index contributed by atoms with van der Waals surface area (Å²) in [6.07, 6.45) is -0.490. The van der Waals surface area contributed by atoms with E-state index in [1.807, 2.05) is 0 Å². The van der Waals surface area contributed by atoms with Crippen LogP contribution in [0.4, 0.5) is 0 Å². The molecule has 1 rings (SSSR count). The van der Waals surface area contributed by atoms with Crippen LogP contribution in [0, 0.1) is 0 Å². The Morgan fingerprint density at radius 2 is 1.90 bits per heavy atom. The molecule has 0 radical (unpaired) electrons. The molecule has 0 spiro atoms. The number of benzene rings is 1. The number of carbonyl (C=O) groups is 1. The number of nitrogens with one attached hydrogen (secondary N) is 1. The van der Waals surface area contributed by atoms with E-state index in [2.05, 4.69) is 4.72 Å². The van der Waals surface area contributed by atoms with Crippen molar-refractivity contribution in [2.75, 3.05) is 0 Å². The molecule has 0 saturated carbocycles. The number of carboxylic acid groups (broad SMARTS) is 1. The van der Waals surface area contributed by atoms with Gasteiger partial charge in [-0.25, -0.2) is 17.9 Å². The molecule has 0 bridgehead atoms. The van der Waals surface area contributed by atoms with Gasteiger partial charge in [0.25, 0.3) is 0 Å². The van der Waals surface area contributed by atoms with Crippen LogP contribution in [0.3, 0.4) is 0 Å². The Hall–Kier alpha value is -0.860. The highest BCUT2D eigenvalue weighted by atomic mass is 35.5. The number of aliphatic hydroxyl groups is 1. The first-order valence-corrected chi connectivity index (χ1v) is 8.21. The van der Waals surface area contributed by atoms with Gasteiger partial charge in [-0.1, -0.05) is 23.2 Å². The summed E-state index contributed by atoms with van der Waals surface area (Å²) in [6.45, 7) is 3.10. The van der Waals surface area contributed by atoms with Crippen LogP contribution in [0.25, 0.3) is 0 Å². The van der Waals surface area contributed by atoms with E-state index in [0.29, 0.717) is 0 Å². The summed E-state index contributed by atoms with van der Waals surface area (Å²) >= 11 is 11.6. The smallest absolute Gasteiger partial charge is 0.337 e. The monoisotopic (exact) mass is 355 g/mol. The zero-order chi connectivity index (χ0) is 16.4. The van der Waals surface area contributed by atoms with Crippen molar-refractivity contribution in [2.24, 2.45) is 0 Å². The van der Waals surface area contributed by atoms with Gasteiger partial charge in [0.05, 0.1) is 16.7 Å². The van der Waals surface area contributed by atoms with Crippen molar-refractivity contribution in [3.63, 3.8) is 0 Å². The molecule has 3 N–H and O–H groups in total. The maximum Gasteiger partial charge on any atom is 0.337 e. The number of halogens is 2. The van der Waals surface area contributed by atoms with Crippen LogP contribution in [0.5, 0.6) is 0 Å². The molecule has 0 aliphatic rings. The lowest BCUT2D eigenvalue weighted by Crippen LogP contribution is -2.35. The van der Waals surface area contributed by atoms with E-state index >= 15 is 0 Å². The molecule has 118 valence electrons. The number of aromatic carboxylic acids is 1. The fourth-order valence-corrected chi connectivity index (χ4v) is 3.96. The molecule has 1 aromatic carbocycles. The summed E-state index contributed by atoms with van der Waals surface area (Å²) < 4.78 is 26.8. The molecular weight excluding hydrogens is 341 g/mol. The molecule has 9 heteroatoms. The second-order valence-electron chi connectivity index (χ2n) is 4.68. The van der Waals surface area contributed by atoms with Crippen LogP contribution in [0.2, 0.25) is 10.0 Å². The Morgan fingerprint density at radius 1 is 1.33 bits per heavy atom. The number of carboxylic acids is 1. The number of sulfonamides is 1. The van der Waals surface area contributed by atoms with Crippen LogP contribution >= 0.6 is 23.2 Å². The number of rotatable bonds is 6. The van der Waals surface area contributed by atoms with Crippen LogP contribution in [-0.2, 0) is 10.0 Å². The lowest BCUT2D eigenvalue weighted by Gasteiger charge is -2.17. The highest BCUT2D eigenvalue weighted by Gasteiger charge is 2.25. The molecule has 21 heavy (non-hydrogen) atoms. The fourth-order valence-electron chi connectivity index (χ4n) is 1.80. The SMILES string of the molecule is CC(O)CC(C)NS(=O)(=O)c1cc(Cl)cc(C(=O)O)c1Cl. The molecule has 0 amide bonds. The molecule has 2 atom stereocenters. The van der Waals surface area contributed by atoms with Crippen molar-refractivity contribution in [1.29, 1.82) is 0 Å². The van der Waals surface area contributed by atoms with Gasteiger partial charge in [0.1, 0.15) is 4.90 Å². The Morgan fingerprint density at radius 3 is 2.38 bits per heavy atom. The van der Waals surface area contributed by atoms with Gasteiger partial charge in [0.15, 0.2) is 0 Å². The largest absolute Gasteiger partial charge is 0.478 e. The minimum atomic E-state index is -4.06. The van der Waals surface area contributed by atoms with Crippen LogP contribution in [0.1, 0.15) is 30.6 Å². The number of aliphatic hydroxyl groups excluding tert-OH is 1. The first kappa shape index (κ1) is 18.2. The van der Waals surface area contributed by atoms with Crippen LogP contribution < -0.4 is 4.72 Å². The quantitative estimate of drug-likeness (QED) is 0.724. The normalized spacial score (nSPS) is 14.7. The van der Waals surface area contributed by atoms with E-state index in [0.717, 1.165) is 12.1 Å². The average molecular weight is 356 g/mol. The maximum atomic E-state index is 12.2. The maximum absolute atomic E-state index is 12.2. The molecule has 0 aliphatic carbocycles. The number of hydrogen-bond donors (Lipinski definition) is 3. The van der Waals surface area contributed by atoms with Gasteiger partial charge >= 0.3 is 5.97 Å². The molecule has 2 unspecified atom stereocenters. The van der Waals surface area contributed by atoms with Crippen molar-refractivity contribution in [3.05, 3.63) is 27.7 Å². The zero-order valence-corrected chi connectivity index (χ0v) is 13.6. The Kier molecular flexibility index (Phi) is 6.01. The zero-order valence-electron chi connectivity index (χ0n) is 11.3. The number of hydrogen-bond acceptors (Lipinski definition) is 4. The topological polar surface area (TPSA) is 104 Å². The highest BCUT2D eigenvalue weighted by Crippen LogP contribution is 2.29. The summed E-state index contributed by atoms with van der Waals surface area (Å²) in [4.78, 5) is 10.6. The van der Waals surface area contributed by atoms with E-state index in [4.69, 9.17) is 28.3 Å². The van der Waals surface area contributed by atoms with E-state index in [9.17, 15) is 18.3 Å². The predicted octanol–water partition coefficient (Wildman–Crippen LogP) is 2.13. The summed E-state index contributed by atoms with van der Waals surface area (Å²) in [5.74, 6) is -1.38. The molecule has 6 nitrogen and oxygen atoms in total. The minimum Gasteiger partial charge on any atom is -0.478 e. The molecule has 0 heterocycles. The van der Waals surface area contributed by atoms with E-state index < -0.39 is 43.6 Å². The van der Waals surface area contributed by atoms with Crippen LogP contribution in [-0.4, -0.2) is 36.7 Å². The Labute approximate surface area is 132 Å². The first-order valence-electron chi connectivity index (χ1n) is 5.97. The average Bonchev–Trinajstić information content (AvgIpc) is 2.29. The highest BCUT2D eigenvalue weighted by molar-refractivity contribution is 7.89. The van der Waals surface area contributed by atoms with Gasteiger partial charge in [-0.2, -0.15) is 0 Å². The fraction of sp³-hybridized carbons (Fsp3) is 0.417. The molecule has 0 saturated heterocycles. The standard InChI is InChI=1S/C12H15Cl2NO5S/c1-6(3-7(2)16)15-21(19,20)10-5-8(13)4-9(11(10)14)12(17)18/h4-7,15-16H,3H2,1-2H3,(H,17,18). The van der Waals surface area contributed by atoms with Gasteiger partial charge < -0.3 is 10.2 Å². The molecule has 0 aromatic heterocycles. The summed E-state index contributed by atoms with van der Waals surface area (Å²) in [6, 6.07) is 1.59. The minimum absolute atomic E-state index is 0.0552. The van der Waals surface area contributed by atoms with Gasteiger partial charge in [-0.15, -0.1) is 0 Å². The van der Waals surface area contributed by atoms with Crippen molar-refractivity contribution in [3.8, 4) is 0 Å². The van der Waals surface area contributed by atoms with Crippen molar-refractivity contribution in [2.45, 2.75) is 37.3 Å². The summed E-state index contributed by atoms with van der Waals surface area (Å²) in [5, 5.41) is 17.8. The van der Waals surface area contributed by atoms with Gasteiger partial charge in [-0.05, 0) is 32.4 Å². The first-order chi connectivity index (χ1) is 9.54. The lowest BCUT2D eigenvalue weighted by molar-refractivity contribution is 0.0697. The van der Waals surface area contributed by atoms with Crippen molar-refractivity contribution < 1.29 is 23.4 Å². The van der Waals surface area contributed by atoms with E-state index in [1.54, 1.807) is 6.92 Å². The third-order valence-corrected chi connectivity index (χ3v) is 4.93. The third-order valence-electron chi connectivity index (χ3n) is 2.57. The summed E-state index contributed by atoms with van der Waals surface area (Å²) in [5.41, 5.74) is -0.396. The Bertz CT molecular complexity index is 645. The molecule has 0 aliphatic heterocycles. The lowest BCUT2D eigenvalue weighted by atomic mass is 10.2. The molecule has 0 fully saturated rings. The van der Waals surface area contributed by atoms with Crippen molar-refractivity contribution >= 4 is 39.2 Å². The third kappa shape index (κ3) is 4.82. The van der Waals surface area contributed by atoms with Gasteiger partial charge in [0.2, 0.25) is 10.0 Å². The van der Waals surface area contributed by atoms with Gasteiger partial charge in [0, 0.05) is 11.1 Å². The van der Waals surface area contributed by atoms with Crippen LogP contribution in [0.15, 0.2) is 17.0 Å². The van der Waals surface area contributed by atoms with Gasteiger partial charge in [-0.3, -0.25) is 0 Å². The Balaban J connectivity index is 3.23. The van der Waals surface area contributed by atoms with Crippen molar-refractivity contribution in [1.82, 2.24) is 4.72 Å². The molecule has 1 aromatic rings. The molecular formula is C12H15Cl2NO5S.